The van der Waals surface area contributed by atoms with E-state index in [0.29, 0.717) is 12.4 Å². The third-order valence-corrected chi connectivity index (χ3v) is 4.94. The largest absolute Gasteiger partial charge is 0.486 e. The fourth-order valence-corrected chi connectivity index (χ4v) is 3.46. The number of ether oxygens (including phenoxy) is 1. The Morgan fingerprint density at radius 2 is 1.70 bits per heavy atom. The van der Waals surface area contributed by atoms with Gasteiger partial charge in [-0.05, 0) is 29.8 Å². The summed E-state index contributed by atoms with van der Waals surface area (Å²) >= 11 is 0. The molecule has 0 aliphatic heterocycles. The van der Waals surface area contributed by atoms with Crippen LogP contribution in [-0.2, 0) is 13.7 Å². The van der Waals surface area contributed by atoms with Crippen molar-refractivity contribution in [3.8, 4) is 28.3 Å². The normalized spacial score (nSPS) is 11.0. The third kappa shape index (κ3) is 3.65. The van der Waals surface area contributed by atoms with E-state index in [9.17, 15) is 0 Å². The number of para-hydroxylation sites is 1. The van der Waals surface area contributed by atoms with E-state index in [1.54, 1.807) is 6.20 Å². The van der Waals surface area contributed by atoms with Gasteiger partial charge in [0.15, 0.2) is 0 Å². The molecule has 0 radical (unpaired) electrons. The van der Waals surface area contributed by atoms with Crippen LogP contribution in [0.1, 0.15) is 5.69 Å². The molecule has 0 aliphatic carbocycles. The molecule has 0 saturated carbocycles. The molecule has 5 rings (SSSR count). The van der Waals surface area contributed by atoms with E-state index in [4.69, 9.17) is 4.74 Å². The number of aryl methyl sites for hydroxylation is 1. The van der Waals surface area contributed by atoms with Crippen molar-refractivity contribution in [2.45, 2.75) is 6.61 Å². The van der Waals surface area contributed by atoms with E-state index in [-0.39, 0.29) is 0 Å². The van der Waals surface area contributed by atoms with Crippen molar-refractivity contribution in [1.82, 2.24) is 19.7 Å². The second-order valence-corrected chi connectivity index (χ2v) is 7.09. The summed E-state index contributed by atoms with van der Waals surface area (Å²) in [5.74, 6) is 0.700. The van der Waals surface area contributed by atoms with E-state index in [1.165, 1.54) is 0 Å². The summed E-state index contributed by atoms with van der Waals surface area (Å²) in [6.07, 6.45) is 3.75. The van der Waals surface area contributed by atoms with Gasteiger partial charge in [0.1, 0.15) is 18.1 Å². The predicted octanol–water partition coefficient (Wildman–Crippen LogP) is 5.28. The van der Waals surface area contributed by atoms with E-state index in [1.807, 2.05) is 72.5 Å². The predicted molar refractivity (Wildman–Crippen MR) is 118 cm³/mol. The number of rotatable bonds is 5. The van der Waals surface area contributed by atoms with Crippen LogP contribution in [0.2, 0.25) is 0 Å². The molecule has 0 fully saturated rings. The van der Waals surface area contributed by atoms with Gasteiger partial charge in [0.25, 0.3) is 0 Å². The zero-order chi connectivity index (χ0) is 20.3. The number of nitrogens with zero attached hydrogens (tertiary/aromatic N) is 4. The summed E-state index contributed by atoms with van der Waals surface area (Å²) in [4.78, 5) is 9.23. The molecule has 30 heavy (non-hydrogen) atoms. The summed E-state index contributed by atoms with van der Waals surface area (Å²) in [5.41, 5.74) is 5.69. The summed E-state index contributed by atoms with van der Waals surface area (Å²) in [6.45, 7) is 0.394. The molecule has 0 aliphatic rings. The Labute approximate surface area is 174 Å². The topological polar surface area (TPSA) is 52.8 Å². The van der Waals surface area contributed by atoms with Crippen LogP contribution in [0, 0.1) is 0 Å². The SMILES string of the molecule is Cn1cc(-c2ccccc2)c(-c2ccc(OCc3ccc4ccccc4n3)cn2)n1. The number of hydrogen-bond donors (Lipinski definition) is 0. The molecule has 5 heteroatoms. The molecular weight excluding hydrogens is 372 g/mol. The Hall–Kier alpha value is -3.99. The average Bonchev–Trinajstić information content (AvgIpc) is 3.20. The fraction of sp³-hybridized carbons (Fsp3) is 0.0800. The summed E-state index contributed by atoms with van der Waals surface area (Å²) in [5, 5.41) is 5.73. The Kier molecular flexibility index (Phi) is 4.69. The summed E-state index contributed by atoms with van der Waals surface area (Å²) < 4.78 is 7.72. The minimum atomic E-state index is 0.394. The van der Waals surface area contributed by atoms with Crippen LogP contribution >= 0.6 is 0 Å². The first-order valence-corrected chi connectivity index (χ1v) is 9.79. The highest BCUT2D eigenvalue weighted by atomic mass is 16.5. The van der Waals surface area contributed by atoms with Crippen molar-refractivity contribution < 1.29 is 4.74 Å². The molecule has 0 saturated heterocycles. The van der Waals surface area contributed by atoms with E-state index in [2.05, 4.69) is 39.3 Å². The van der Waals surface area contributed by atoms with Gasteiger partial charge >= 0.3 is 0 Å². The van der Waals surface area contributed by atoms with Crippen LogP contribution in [0.15, 0.2) is 91.3 Å². The highest BCUT2D eigenvalue weighted by Gasteiger charge is 2.13. The van der Waals surface area contributed by atoms with Gasteiger partial charge in [0, 0.05) is 24.2 Å². The maximum atomic E-state index is 5.90. The van der Waals surface area contributed by atoms with Crippen LogP contribution in [0.5, 0.6) is 5.75 Å². The lowest BCUT2D eigenvalue weighted by Gasteiger charge is -2.07. The maximum absolute atomic E-state index is 5.90. The van der Waals surface area contributed by atoms with Crippen LogP contribution in [-0.4, -0.2) is 19.7 Å². The van der Waals surface area contributed by atoms with Crippen LogP contribution in [0.3, 0.4) is 0 Å². The van der Waals surface area contributed by atoms with Crippen molar-refractivity contribution in [1.29, 1.82) is 0 Å². The lowest BCUT2D eigenvalue weighted by atomic mass is 10.0. The molecule has 5 aromatic rings. The molecule has 146 valence electrons. The first-order chi connectivity index (χ1) is 14.8. The standard InChI is InChI=1S/C25H20N4O/c1-29-16-22(18-7-3-2-4-8-18)25(28-29)24-14-13-21(15-26-24)30-17-20-12-11-19-9-5-6-10-23(19)27-20/h2-16H,17H2,1H3. The van der Waals surface area contributed by atoms with Crippen molar-refractivity contribution in [2.24, 2.45) is 7.05 Å². The molecule has 0 atom stereocenters. The van der Waals surface area contributed by atoms with Crippen molar-refractivity contribution in [3.63, 3.8) is 0 Å². The smallest absolute Gasteiger partial charge is 0.138 e. The number of benzene rings is 2. The molecule has 3 aromatic heterocycles. The zero-order valence-electron chi connectivity index (χ0n) is 16.6. The Balaban J connectivity index is 1.35. The van der Waals surface area contributed by atoms with Gasteiger partial charge in [0.05, 0.1) is 23.1 Å². The molecule has 0 N–H and O–H groups in total. The number of hydrogen-bond acceptors (Lipinski definition) is 4. The molecule has 3 heterocycles. The Morgan fingerprint density at radius 1 is 0.867 bits per heavy atom. The van der Waals surface area contributed by atoms with Gasteiger partial charge in [-0.2, -0.15) is 5.10 Å². The molecular formula is C25H20N4O. The first-order valence-electron chi connectivity index (χ1n) is 9.79. The van der Waals surface area contributed by atoms with E-state index < -0.39 is 0 Å². The third-order valence-electron chi connectivity index (χ3n) is 4.94. The summed E-state index contributed by atoms with van der Waals surface area (Å²) in [7, 11) is 1.92. The molecule has 0 spiro atoms. The lowest BCUT2D eigenvalue weighted by molar-refractivity contribution is 0.300. The zero-order valence-corrected chi connectivity index (χ0v) is 16.6. The Morgan fingerprint density at radius 3 is 2.53 bits per heavy atom. The van der Waals surface area contributed by atoms with Crippen LogP contribution in [0.25, 0.3) is 33.4 Å². The second-order valence-electron chi connectivity index (χ2n) is 7.09. The highest BCUT2D eigenvalue weighted by molar-refractivity contribution is 5.79. The molecule has 0 amide bonds. The van der Waals surface area contributed by atoms with Crippen molar-refractivity contribution in [2.75, 3.05) is 0 Å². The van der Waals surface area contributed by atoms with Crippen LogP contribution in [0.4, 0.5) is 0 Å². The minimum absolute atomic E-state index is 0.394. The molecule has 5 nitrogen and oxygen atoms in total. The number of aromatic nitrogens is 4. The molecule has 0 bridgehead atoms. The maximum Gasteiger partial charge on any atom is 0.138 e. The quantitative estimate of drug-likeness (QED) is 0.408. The van der Waals surface area contributed by atoms with Gasteiger partial charge in [-0.15, -0.1) is 0 Å². The first kappa shape index (κ1) is 18.1. The van der Waals surface area contributed by atoms with Gasteiger partial charge < -0.3 is 4.74 Å². The number of pyridine rings is 2. The van der Waals surface area contributed by atoms with E-state index in [0.717, 1.165) is 39.1 Å². The number of fused-ring (bicyclic) bond motifs is 1. The summed E-state index contributed by atoms with van der Waals surface area (Å²) in [6, 6.07) is 26.2. The highest BCUT2D eigenvalue weighted by Crippen LogP contribution is 2.30. The fourth-order valence-electron chi connectivity index (χ4n) is 3.46. The second kappa shape index (κ2) is 7.79. The molecule has 0 unspecified atom stereocenters. The van der Waals surface area contributed by atoms with Crippen molar-refractivity contribution in [3.05, 3.63) is 97.0 Å². The van der Waals surface area contributed by atoms with Gasteiger partial charge in [-0.3, -0.25) is 9.67 Å². The van der Waals surface area contributed by atoms with Gasteiger partial charge in [-0.1, -0.05) is 54.6 Å². The minimum Gasteiger partial charge on any atom is -0.486 e. The van der Waals surface area contributed by atoms with Crippen LogP contribution < -0.4 is 4.74 Å². The average molecular weight is 392 g/mol. The lowest BCUT2D eigenvalue weighted by Crippen LogP contribution is -1.99. The van der Waals surface area contributed by atoms with E-state index >= 15 is 0 Å². The van der Waals surface area contributed by atoms with Crippen molar-refractivity contribution >= 4 is 10.9 Å². The Bertz CT molecular complexity index is 1290. The van der Waals surface area contributed by atoms with Gasteiger partial charge in [0.2, 0.25) is 0 Å². The van der Waals surface area contributed by atoms with Gasteiger partial charge in [-0.25, -0.2) is 4.98 Å². The molecule has 2 aromatic carbocycles. The monoisotopic (exact) mass is 392 g/mol.